The fraction of sp³-hybridized carbons (Fsp3) is 0.812. The first-order valence-corrected chi connectivity index (χ1v) is 32.6. The summed E-state index contributed by atoms with van der Waals surface area (Å²) < 4.78 is 30.3. The van der Waals surface area contributed by atoms with Gasteiger partial charge in [0.05, 0.1) is 33.8 Å². The van der Waals surface area contributed by atoms with E-state index in [9.17, 15) is 19.0 Å². The zero-order valence-corrected chi connectivity index (χ0v) is 50.2. The van der Waals surface area contributed by atoms with Crippen molar-refractivity contribution in [2.45, 2.75) is 296 Å². The Morgan fingerprint density at radius 2 is 0.865 bits per heavy atom. The summed E-state index contributed by atoms with van der Waals surface area (Å²) in [5.74, 6) is -0.552. The van der Waals surface area contributed by atoms with E-state index in [1.165, 1.54) is 154 Å². The van der Waals surface area contributed by atoms with Crippen LogP contribution < -0.4 is 10.2 Å². The lowest BCUT2D eigenvalue weighted by atomic mass is 10.0. The van der Waals surface area contributed by atoms with Crippen LogP contribution >= 0.6 is 7.82 Å². The number of hydrogen-bond acceptors (Lipinski definition) is 7. The predicted molar refractivity (Wildman–Crippen MR) is 316 cm³/mol. The minimum Gasteiger partial charge on any atom is -0.756 e. The first-order chi connectivity index (χ1) is 35.9. The minimum absolute atomic E-state index is 0.0258. The highest BCUT2D eigenvalue weighted by atomic mass is 31.2. The number of hydrogen-bond donors (Lipinski definition) is 1. The molecule has 0 spiro atoms. The monoisotopic (exact) mass is 1060 g/mol. The number of phosphoric ester groups is 1. The van der Waals surface area contributed by atoms with E-state index in [4.69, 9.17) is 13.8 Å². The van der Waals surface area contributed by atoms with Gasteiger partial charge in [-0.25, -0.2) is 0 Å². The van der Waals surface area contributed by atoms with E-state index in [1.807, 2.05) is 33.3 Å². The van der Waals surface area contributed by atoms with Crippen LogP contribution in [0.25, 0.3) is 0 Å². The average molecular weight is 1060 g/mol. The van der Waals surface area contributed by atoms with Gasteiger partial charge in [-0.05, 0) is 89.5 Å². The largest absolute Gasteiger partial charge is 0.756 e. The molecule has 0 saturated carbocycles. The molecule has 3 atom stereocenters. The summed E-state index contributed by atoms with van der Waals surface area (Å²) in [4.78, 5) is 40.0. The highest BCUT2D eigenvalue weighted by Gasteiger charge is 2.27. The zero-order chi connectivity index (χ0) is 54.3. The summed E-state index contributed by atoms with van der Waals surface area (Å²) in [6.07, 6.45) is 67.5. The molecule has 0 radical (unpaired) electrons. The van der Waals surface area contributed by atoms with Gasteiger partial charge in [0, 0.05) is 12.8 Å². The van der Waals surface area contributed by atoms with E-state index in [1.54, 1.807) is 0 Å². The Morgan fingerprint density at radius 1 is 0.486 bits per heavy atom. The van der Waals surface area contributed by atoms with Gasteiger partial charge in [0.1, 0.15) is 19.3 Å². The highest BCUT2D eigenvalue weighted by molar-refractivity contribution is 7.45. The van der Waals surface area contributed by atoms with E-state index in [0.717, 1.165) is 96.3 Å². The molecule has 0 fully saturated rings. The number of ether oxygens (including phenoxy) is 1. The van der Waals surface area contributed by atoms with Crippen LogP contribution in [0.15, 0.2) is 60.8 Å². The molecule has 10 heteroatoms. The second-order valence-corrected chi connectivity index (χ2v) is 23.6. The first-order valence-electron chi connectivity index (χ1n) is 31.1. The van der Waals surface area contributed by atoms with Gasteiger partial charge in [0.15, 0.2) is 0 Å². The Bertz CT molecular complexity index is 1450. The fourth-order valence-corrected chi connectivity index (χ4v) is 9.56. The Hall–Kier alpha value is -2.29. The lowest BCUT2D eigenvalue weighted by molar-refractivity contribution is -0.870. The smallest absolute Gasteiger partial charge is 0.306 e. The van der Waals surface area contributed by atoms with Crippen LogP contribution in [0.3, 0.4) is 0 Å². The molecule has 1 amide bonds. The van der Waals surface area contributed by atoms with Crippen molar-refractivity contribution in [2.24, 2.45) is 0 Å². The number of nitrogens with zero attached hydrogens (tertiary/aromatic N) is 1. The normalized spacial score (nSPS) is 14.1. The number of nitrogens with one attached hydrogen (secondary N) is 1. The van der Waals surface area contributed by atoms with Gasteiger partial charge in [0.25, 0.3) is 7.82 Å². The van der Waals surface area contributed by atoms with Crippen molar-refractivity contribution in [3.63, 3.8) is 0 Å². The SMILES string of the molecule is CCCCC/C=C\C/C=C\CCCCCCCCCCCCCC(=O)OC(/C=C\CCCCCCCCCCCC)C(COP(=O)([O-])OCC[N+](C)(C)C)NC(=O)CCCCCCCC/C=C/C=C/CCCCC. The molecule has 0 aliphatic heterocycles. The van der Waals surface area contributed by atoms with Crippen LogP contribution in [0.5, 0.6) is 0 Å². The van der Waals surface area contributed by atoms with Crippen LogP contribution in [0.4, 0.5) is 0 Å². The maximum atomic E-state index is 13.5. The number of likely N-dealkylation sites (N-methyl/N-ethyl adjacent to an activating group) is 1. The van der Waals surface area contributed by atoms with Crippen LogP contribution in [0.2, 0.25) is 0 Å². The number of esters is 1. The van der Waals surface area contributed by atoms with E-state index in [-0.39, 0.29) is 24.9 Å². The molecule has 9 nitrogen and oxygen atoms in total. The van der Waals surface area contributed by atoms with Gasteiger partial charge >= 0.3 is 5.97 Å². The van der Waals surface area contributed by atoms with Crippen molar-refractivity contribution in [3.8, 4) is 0 Å². The van der Waals surface area contributed by atoms with Crippen LogP contribution in [-0.4, -0.2) is 69.4 Å². The Balaban J connectivity index is 5.23. The van der Waals surface area contributed by atoms with Gasteiger partial charge < -0.3 is 28.5 Å². The maximum absolute atomic E-state index is 13.5. The summed E-state index contributed by atoms with van der Waals surface area (Å²) in [7, 11) is 1.18. The minimum atomic E-state index is -4.70. The molecular weight excluding hydrogens is 940 g/mol. The molecule has 432 valence electrons. The topological polar surface area (TPSA) is 114 Å². The summed E-state index contributed by atoms with van der Waals surface area (Å²) in [6.45, 7) is 6.79. The summed E-state index contributed by atoms with van der Waals surface area (Å²) in [5.41, 5.74) is 0. The summed E-state index contributed by atoms with van der Waals surface area (Å²) in [6, 6.07) is -0.895. The molecule has 0 aliphatic carbocycles. The summed E-state index contributed by atoms with van der Waals surface area (Å²) in [5, 5.41) is 3.02. The Labute approximate surface area is 458 Å². The number of allylic oxidation sites excluding steroid dienone is 9. The molecule has 0 bridgehead atoms. The zero-order valence-electron chi connectivity index (χ0n) is 49.3. The highest BCUT2D eigenvalue weighted by Crippen LogP contribution is 2.38. The van der Waals surface area contributed by atoms with Gasteiger partial charge in [-0.1, -0.05) is 242 Å². The number of quaternary nitrogens is 1. The molecular formula is C64H119N2O7P. The van der Waals surface area contributed by atoms with Gasteiger partial charge in [-0.15, -0.1) is 0 Å². The van der Waals surface area contributed by atoms with E-state index >= 15 is 0 Å². The Morgan fingerprint density at radius 3 is 1.32 bits per heavy atom. The van der Waals surface area contributed by atoms with Crippen LogP contribution in [0, 0.1) is 0 Å². The van der Waals surface area contributed by atoms with Crippen molar-refractivity contribution in [3.05, 3.63) is 60.8 Å². The first kappa shape index (κ1) is 71.7. The number of carbonyl (C=O) groups is 2. The van der Waals surface area contributed by atoms with Gasteiger partial charge in [-0.2, -0.15) is 0 Å². The van der Waals surface area contributed by atoms with E-state index in [2.05, 4.69) is 74.7 Å². The lowest BCUT2D eigenvalue weighted by Crippen LogP contribution is -2.47. The van der Waals surface area contributed by atoms with Crippen molar-refractivity contribution in [1.29, 1.82) is 0 Å². The standard InChI is InChI=1S/C64H119N2O7P/c1-7-10-13-16-19-22-25-28-30-31-32-33-34-35-37-39-42-45-48-51-54-57-64(68)73-62(55-52-49-46-43-40-27-24-21-18-15-12-9-3)61(60-72-74(69,70)71-59-58-66(4,5)6)65-63(67)56-53-50-47-44-41-38-36-29-26-23-20-17-14-11-8-2/h19-20,22-23,26,28-30,52,55,61-62H,7-18,21,24-25,27,31-51,53-54,56-60H2,1-6H3,(H-,65,67,69,70)/b22-19-,23-20+,29-26+,30-28-,55-52-. The van der Waals surface area contributed by atoms with Crippen molar-refractivity contribution in [2.75, 3.05) is 40.9 Å². The molecule has 1 N–H and O–H groups in total. The maximum Gasteiger partial charge on any atom is 0.306 e. The summed E-state index contributed by atoms with van der Waals surface area (Å²) >= 11 is 0. The third-order valence-corrected chi connectivity index (χ3v) is 14.7. The second kappa shape index (κ2) is 54.1. The quantitative estimate of drug-likeness (QED) is 0.0161. The van der Waals surface area contributed by atoms with Crippen molar-refractivity contribution < 1.29 is 37.3 Å². The molecule has 0 heterocycles. The number of carbonyl (C=O) groups excluding carboxylic acids is 2. The molecule has 0 aromatic carbocycles. The molecule has 74 heavy (non-hydrogen) atoms. The predicted octanol–water partition coefficient (Wildman–Crippen LogP) is 18.4. The number of phosphoric acid groups is 1. The average Bonchev–Trinajstić information content (AvgIpc) is 3.36. The van der Waals surface area contributed by atoms with Crippen LogP contribution in [-0.2, 0) is 27.9 Å². The fourth-order valence-electron chi connectivity index (χ4n) is 8.84. The molecule has 0 rings (SSSR count). The van der Waals surface area contributed by atoms with Gasteiger partial charge in [-0.3, -0.25) is 14.2 Å². The van der Waals surface area contributed by atoms with E-state index in [0.29, 0.717) is 17.4 Å². The molecule has 0 saturated heterocycles. The van der Waals surface area contributed by atoms with E-state index < -0.39 is 26.6 Å². The van der Waals surface area contributed by atoms with Gasteiger partial charge in [0.2, 0.25) is 5.91 Å². The van der Waals surface area contributed by atoms with Crippen LogP contribution in [0.1, 0.15) is 284 Å². The second-order valence-electron chi connectivity index (χ2n) is 22.2. The van der Waals surface area contributed by atoms with Crippen molar-refractivity contribution >= 4 is 19.7 Å². The lowest BCUT2D eigenvalue weighted by Gasteiger charge is -2.30. The molecule has 0 aromatic rings. The molecule has 3 unspecified atom stereocenters. The number of rotatable bonds is 56. The number of amides is 1. The molecule has 0 aliphatic rings. The third kappa shape index (κ3) is 54.5. The Kier molecular flexibility index (Phi) is 52.4. The van der Waals surface area contributed by atoms with Crippen molar-refractivity contribution in [1.82, 2.24) is 5.32 Å². The molecule has 0 aromatic heterocycles. The number of unbranched alkanes of at least 4 members (excludes halogenated alkanes) is 33. The third-order valence-electron chi connectivity index (χ3n) is 13.7.